The molecule has 0 fully saturated rings. The molecule has 2 amide bonds. The lowest BCUT2D eigenvalue weighted by Crippen LogP contribution is -2.48. The van der Waals surface area contributed by atoms with Crippen LogP contribution in [0.15, 0.2) is 24.3 Å². The van der Waals surface area contributed by atoms with Gasteiger partial charge >= 0.3 is 6.03 Å². The zero-order valence-corrected chi connectivity index (χ0v) is 12.7. The highest BCUT2D eigenvalue weighted by Gasteiger charge is 2.25. The van der Waals surface area contributed by atoms with Crippen molar-refractivity contribution in [2.75, 3.05) is 5.32 Å². The molecule has 0 aromatic heterocycles. The van der Waals surface area contributed by atoms with Crippen LogP contribution in [0.25, 0.3) is 0 Å². The molecule has 0 aliphatic carbocycles. The zero-order chi connectivity index (χ0) is 15.2. The Balaban J connectivity index is 2.76. The van der Waals surface area contributed by atoms with E-state index in [0.29, 0.717) is 11.3 Å². The lowest BCUT2D eigenvalue weighted by atomic mass is 9.90. The van der Waals surface area contributed by atoms with Crippen molar-refractivity contribution in [1.82, 2.24) is 5.32 Å². The first-order valence-corrected chi connectivity index (χ1v) is 7.16. The maximum Gasteiger partial charge on any atom is 0.319 e. The smallest absolute Gasteiger partial charge is 0.319 e. The molecule has 4 heteroatoms. The van der Waals surface area contributed by atoms with E-state index in [1.807, 2.05) is 0 Å². The standard InChI is InChI=1S/C16H24N2O2/c1-5-16(6-2,7-3)18-15(20)17-14-10-8-9-13(11-14)12(4)19/h8-11H,5-7H2,1-4H3,(H2,17,18,20). The molecule has 0 unspecified atom stereocenters. The topological polar surface area (TPSA) is 58.2 Å². The molecule has 110 valence electrons. The van der Waals surface area contributed by atoms with Gasteiger partial charge in [-0.2, -0.15) is 0 Å². The molecule has 0 heterocycles. The number of urea groups is 1. The predicted molar refractivity (Wildman–Crippen MR) is 82.2 cm³/mol. The fraction of sp³-hybridized carbons (Fsp3) is 0.500. The quantitative estimate of drug-likeness (QED) is 0.772. The van der Waals surface area contributed by atoms with Gasteiger partial charge in [0.05, 0.1) is 0 Å². The SMILES string of the molecule is CCC(CC)(CC)NC(=O)Nc1cccc(C(C)=O)c1. The average Bonchev–Trinajstić information content (AvgIpc) is 2.45. The van der Waals surface area contributed by atoms with E-state index in [9.17, 15) is 9.59 Å². The van der Waals surface area contributed by atoms with Crippen LogP contribution >= 0.6 is 0 Å². The molecule has 0 spiro atoms. The normalized spacial score (nSPS) is 11.0. The minimum atomic E-state index is -0.226. The third kappa shape index (κ3) is 4.08. The number of Topliss-reactive ketones (excluding diaryl/α,β-unsaturated/α-hetero) is 1. The number of amides is 2. The summed E-state index contributed by atoms with van der Waals surface area (Å²) in [7, 11) is 0. The summed E-state index contributed by atoms with van der Waals surface area (Å²) in [4.78, 5) is 23.4. The number of carbonyl (C=O) groups is 2. The molecule has 1 aromatic rings. The van der Waals surface area contributed by atoms with Crippen molar-refractivity contribution in [2.45, 2.75) is 52.5 Å². The van der Waals surface area contributed by atoms with E-state index in [1.54, 1.807) is 24.3 Å². The second-order valence-electron chi connectivity index (χ2n) is 5.06. The summed E-state index contributed by atoms with van der Waals surface area (Å²) in [5.41, 5.74) is 1.06. The predicted octanol–water partition coefficient (Wildman–Crippen LogP) is 3.98. The second-order valence-corrected chi connectivity index (χ2v) is 5.06. The highest BCUT2D eigenvalue weighted by Crippen LogP contribution is 2.19. The lowest BCUT2D eigenvalue weighted by molar-refractivity contribution is 0.101. The molecule has 20 heavy (non-hydrogen) atoms. The Kier molecular flexibility index (Phi) is 5.74. The van der Waals surface area contributed by atoms with Gasteiger partial charge in [0.15, 0.2) is 5.78 Å². The van der Waals surface area contributed by atoms with Crippen LogP contribution in [0.3, 0.4) is 0 Å². The lowest BCUT2D eigenvalue weighted by Gasteiger charge is -2.31. The van der Waals surface area contributed by atoms with Gasteiger partial charge in [0.1, 0.15) is 0 Å². The van der Waals surface area contributed by atoms with Crippen LogP contribution in [0.4, 0.5) is 10.5 Å². The summed E-state index contributed by atoms with van der Waals surface area (Å²) in [5, 5.41) is 5.83. The Bertz CT molecular complexity index is 471. The van der Waals surface area contributed by atoms with Gasteiger partial charge in [0.25, 0.3) is 0 Å². The number of nitrogens with one attached hydrogen (secondary N) is 2. The van der Waals surface area contributed by atoms with Crippen molar-refractivity contribution in [3.63, 3.8) is 0 Å². The van der Waals surface area contributed by atoms with Crippen molar-refractivity contribution in [3.05, 3.63) is 29.8 Å². The highest BCUT2D eigenvalue weighted by atomic mass is 16.2. The van der Waals surface area contributed by atoms with Crippen molar-refractivity contribution >= 4 is 17.5 Å². The molecule has 0 bridgehead atoms. The minimum Gasteiger partial charge on any atom is -0.332 e. The Hall–Kier alpha value is -1.84. The third-order valence-corrected chi connectivity index (χ3v) is 3.94. The van der Waals surface area contributed by atoms with Crippen LogP contribution in [-0.2, 0) is 0 Å². The van der Waals surface area contributed by atoms with Gasteiger partial charge < -0.3 is 10.6 Å². The number of hydrogen-bond acceptors (Lipinski definition) is 2. The first kappa shape index (κ1) is 16.2. The zero-order valence-electron chi connectivity index (χ0n) is 12.7. The summed E-state index contributed by atoms with van der Waals surface area (Å²) >= 11 is 0. The second kappa shape index (κ2) is 7.08. The third-order valence-electron chi connectivity index (χ3n) is 3.94. The van der Waals surface area contributed by atoms with Crippen LogP contribution in [0.5, 0.6) is 0 Å². The number of anilines is 1. The van der Waals surface area contributed by atoms with Crippen LogP contribution < -0.4 is 10.6 Å². The molecule has 2 N–H and O–H groups in total. The van der Waals surface area contributed by atoms with Crippen molar-refractivity contribution in [1.29, 1.82) is 0 Å². The van der Waals surface area contributed by atoms with Crippen LogP contribution in [0.1, 0.15) is 57.3 Å². The summed E-state index contributed by atoms with van der Waals surface area (Å²) in [6.07, 6.45) is 2.67. The molecule has 0 aliphatic heterocycles. The van der Waals surface area contributed by atoms with E-state index in [4.69, 9.17) is 0 Å². The monoisotopic (exact) mass is 276 g/mol. The minimum absolute atomic E-state index is 0.0147. The molecule has 1 rings (SSSR count). The summed E-state index contributed by atoms with van der Waals surface area (Å²) in [5.74, 6) is -0.0147. The van der Waals surface area contributed by atoms with Crippen LogP contribution in [0, 0.1) is 0 Å². The molecule has 0 saturated carbocycles. The summed E-state index contributed by atoms with van der Waals surface area (Å²) < 4.78 is 0. The molecule has 0 saturated heterocycles. The van der Waals surface area contributed by atoms with Crippen molar-refractivity contribution in [3.8, 4) is 0 Å². The Labute approximate surface area is 121 Å². The highest BCUT2D eigenvalue weighted by molar-refractivity contribution is 5.96. The van der Waals surface area contributed by atoms with Gasteiger partial charge in [-0.25, -0.2) is 4.79 Å². The van der Waals surface area contributed by atoms with Gasteiger partial charge in [-0.3, -0.25) is 4.79 Å². The van der Waals surface area contributed by atoms with Gasteiger partial charge in [0, 0.05) is 16.8 Å². The molecule has 4 nitrogen and oxygen atoms in total. The number of carbonyl (C=O) groups excluding carboxylic acids is 2. The van der Waals surface area contributed by atoms with Crippen molar-refractivity contribution < 1.29 is 9.59 Å². The van der Waals surface area contributed by atoms with E-state index in [1.165, 1.54) is 6.92 Å². The Morgan fingerprint density at radius 1 is 1.10 bits per heavy atom. The molecular formula is C16H24N2O2. The Morgan fingerprint density at radius 3 is 2.20 bits per heavy atom. The fourth-order valence-electron chi connectivity index (χ4n) is 2.23. The van der Waals surface area contributed by atoms with E-state index >= 15 is 0 Å². The number of ketones is 1. The summed E-state index contributed by atoms with van der Waals surface area (Å²) in [6, 6.07) is 6.74. The first-order chi connectivity index (χ1) is 9.46. The number of rotatable bonds is 6. The van der Waals surface area contributed by atoms with E-state index < -0.39 is 0 Å². The maximum absolute atomic E-state index is 12.1. The van der Waals surface area contributed by atoms with Crippen molar-refractivity contribution in [2.24, 2.45) is 0 Å². The molecule has 0 atom stereocenters. The van der Waals surface area contributed by atoms with E-state index in [0.717, 1.165) is 19.3 Å². The number of benzene rings is 1. The number of hydrogen-bond donors (Lipinski definition) is 2. The molecule has 0 radical (unpaired) electrons. The van der Waals surface area contributed by atoms with Gasteiger partial charge in [-0.05, 0) is 38.3 Å². The van der Waals surface area contributed by atoms with Gasteiger partial charge in [0.2, 0.25) is 0 Å². The molecule has 1 aromatic carbocycles. The average molecular weight is 276 g/mol. The van der Waals surface area contributed by atoms with E-state index in [-0.39, 0.29) is 17.4 Å². The first-order valence-electron chi connectivity index (χ1n) is 7.16. The Morgan fingerprint density at radius 2 is 1.70 bits per heavy atom. The van der Waals surface area contributed by atoms with Gasteiger partial charge in [-0.1, -0.05) is 32.9 Å². The van der Waals surface area contributed by atoms with Crippen LogP contribution in [-0.4, -0.2) is 17.4 Å². The largest absolute Gasteiger partial charge is 0.332 e. The van der Waals surface area contributed by atoms with Crippen LogP contribution in [0.2, 0.25) is 0 Å². The van der Waals surface area contributed by atoms with E-state index in [2.05, 4.69) is 31.4 Å². The summed E-state index contributed by atoms with van der Waals surface area (Å²) in [6.45, 7) is 7.73. The maximum atomic E-state index is 12.1. The van der Waals surface area contributed by atoms with Gasteiger partial charge in [-0.15, -0.1) is 0 Å². The molecular weight excluding hydrogens is 252 g/mol. The molecule has 0 aliphatic rings. The fourth-order valence-corrected chi connectivity index (χ4v) is 2.23.